The topological polar surface area (TPSA) is 88.2 Å². The van der Waals surface area contributed by atoms with Gasteiger partial charge in [-0.25, -0.2) is 4.98 Å². The number of anilines is 2. The Kier molecular flexibility index (Phi) is 4.52. The van der Waals surface area contributed by atoms with Gasteiger partial charge in [-0.15, -0.1) is 0 Å². The minimum Gasteiger partial charge on any atom is -0.398 e. The fraction of sp³-hybridized carbons (Fsp3) is 0.222. The summed E-state index contributed by atoms with van der Waals surface area (Å²) in [6.45, 7) is 8.79. The zero-order valence-electron chi connectivity index (χ0n) is 13.6. The van der Waals surface area contributed by atoms with E-state index in [1.807, 2.05) is 13.0 Å². The average Bonchev–Trinajstić information content (AvgIpc) is 2.47. The lowest BCUT2D eigenvalue weighted by molar-refractivity contribution is 0.0793. The molecular weight excluding hydrogens is 290 g/mol. The maximum Gasteiger partial charge on any atom is 0.274 e. The van der Waals surface area contributed by atoms with Gasteiger partial charge in [-0.3, -0.25) is 4.79 Å². The maximum atomic E-state index is 12.4. The summed E-state index contributed by atoms with van der Waals surface area (Å²) in [4.78, 5) is 16.6. The van der Waals surface area contributed by atoms with Crippen LogP contribution in [0.25, 0.3) is 6.08 Å². The molecule has 0 fully saturated rings. The number of benzene rings is 1. The van der Waals surface area contributed by atoms with Crippen LogP contribution < -0.4 is 11.1 Å². The third kappa shape index (κ3) is 3.76. The quantitative estimate of drug-likeness (QED) is 0.757. The van der Waals surface area contributed by atoms with Gasteiger partial charge in [0.1, 0.15) is 5.69 Å². The second-order valence-electron chi connectivity index (χ2n) is 5.91. The predicted molar refractivity (Wildman–Crippen MR) is 93.1 cm³/mol. The van der Waals surface area contributed by atoms with Crippen LogP contribution in [-0.4, -0.2) is 16.0 Å². The molecule has 0 aliphatic rings. The van der Waals surface area contributed by atoms with E-state index in [1.54, 1.807) is 44.2 Å². The van der Waals surface area contributed by atoms with Crippen molar-refractivity contribution in [1.82, 2.24) is 4.98 Å². The van der Waals surface area contributed by atoms with E-state index < -0.39 is 5.60 Å². The highest BCUT2D eigenvalue weighted by Crippen LogP contribution is 2.32. The number of rotatable bonds is 4. The molecule has 0 bridgehead atoms. The summed E-state index contributed by atoms with van der Waals surface area (Å²) in [5, 5.41) is 13.1. The molecule has 4 N–H and O–H groups in total. The van der Waals surface area contributed by atoms with Gasteiger partial charge >= 0.3 is 0 Å². The Morgan fingerprint density at radius 1 is 1.39 bits per heavy atom. The van der Waals surface area contributed by atoms with Gasteiger partial charge in [0.05, 0.1) is 5.60 Å². The molecule has 1 aromatic carbocycles. The van der Waals surface area contributed by atoms with Crippen molar-refractivity contribution in [1.29, 1.82) is 0 Å². The smallest absolute Gasteiger partial charge is 0.274 e. The number of carbonyl (C=O) groups excluding carboxylic acids is 1. The first-order valence-corrected chi connectivity index (χ1v) is 7.26. The molecule has 0 saturated heterocycles. The summed E-state index contributed by atoms with van der Waals surface area (Å²) in [5.41, 5.74) is 8.04. The highest BCUT2D eigenvalue weighted by atomic mass is 16.3. The Bertz CT molecular complexity index is 761. The van der Waals surface area contributed by atoms with Crippen molar-refractivity contribution < 1.29 is 9.90 Å². The molecule has 1 amide bonds. The minimum absolute atomic E-state index is 0.309. The average molecular weight is 311 g/mol. The number of aromatic nitrogens is 1. The Hall–Kier alpha value is -2.66. The van der Waals surface area contributed by atoms with Crippen LogP contribution >= 0.6 is 0 Å². The Labute approximate surface area is 135 Å². The van der Waals surface area contributed by atoms with Gasteiger partial charge in [-0.2, -0.15) is 0 Å². The lowest BCUT2D eigenvalue weighted by Crippen LogP contribution is -2.22. The number of pyridine rings is 1. The summed E-state index contributed by atoms with van der Waals surface area (Å²) < 4.78 is 0. The predicted octanol–water partition coefficient (Wildman–Crippen LogP) is 3.09. The number of aryl methyl sites for hydroxylation is 1. The Balaban J connectivity index is 2.45. The van der Waals surface area contributed by atoms with Crippen molar-refractivity contribution in [2.75, 3.05) is 11.1 Å². The number of aliphatic hydroxyl groups is 1. The molecule has 120 valence electrons. The molecule has 2 rings (SSSR count). The molecule has 1 heterocycles. The standard InChI is InChI=1S/C18H21N3O2/c1-5-12-9-16(13(10-14(12)19)18(3,4)23)21-17(22)15-8-6-7-11(2)20-15/h5-10,23H,1,19H2,2-4H3,(H,21,22). The number of nitrogens with two attached hydrogens (primary N) is 1. The normalized spacial score (nSPS) is 11.1. The third-order valence-corrected chi connectivity index (χ3v) is 3.47. The maximum absolute atomic E-state index is 12.4. The second kappa shape index (κ2) is 6.22. The van der Waals surface area contributed by atoms with E-state index in [2.05, 4.69) is 16.9 Å². The van der Waals surface area contributed by atoms with Gasteiger partial charge in [0.2, 0.25) is 0 Å². The van der Waals surface area contributed by atoms with Gasteiger partial charge in [0, 0.05) is 22.6 Å². The zero-order chi connectivity index (χ0) is 17.2. The van der Waals surface area contributed by atoms with Crippen LogP contribution in [0.15, 0.2) is 36.9 Å². The van der Waals surface area contributed by atoms with E-state index in [1.165, 1.54) is 0 Å². The molecule has 0 saturated carbocycles. The van der Waals surface area contributed by atoms with E-state index in [0.717, 1.165) is 5.69 Å². The fourth-order valence-electron chi connectivity index (χ4n) is 2.28. The van der Waals surface area contributed by atoms with E-state index in [-0.39, 0.29) is 5.91 Å². The second-order valence-corrected chi connectivity index (χ2v) is 5.91. The van der Waals surface area contributed by atoms with Gasteiger partial charge in [0.25, 0.3) is 5.91 Å². The number of hydrogen-bond acceptors (Lipinski definition) is 4. The molecule has 5 nitrogen and oxygen atoms in total. The Morgan fingerprint density at radius 3 is 2.65 bits per heavy atom. The minimum atomic E-state index is -1.16. The van der Waals surface area contributed by atoms with Crippen molar-refractivity contribution in [3.63, 3.8) is 0 Å². The summed E-state index contributed by atoms with van der Waals surface area (Å²) in [6.07, 6.45) is 1.60. The van der Waals surface area contributed by atoms with Crippen molar-refractivity contribution >= 4 is 23.4 Å². The number of hydrogen-bond donors (Lipinski definition) is 3. The number of amides is 1. The van der Waals surface area contributed by atoms with Gasteiger partial charge in [0.15, 0.2) is 0 Å². The molecule has 5 heteroatoms. The van der Waals surface area contributed by atoms with E-state index in [0.29, 0.717) is 28.2 Å². The molecule has 0 spiro atoms. The molecule has 0 atom stereocenters. The van der Waals surface area contributed by atoms with Crippen LogP contribution in [0.1, 0.15) is 41.2 Å². The van der Waals surface area contributed by atoms with Crippen LogP contribution in [0.4, 0.5) is 11.4 Å². The summed E-state index contributed by atoms with van der Waals surface area (Å²) >= 11 is 0. The van der Waals surface area contributed by atoms with Crippen LogP contribution in [-0.2, 0) is 5.60 Å². The first-order chi connectivity index (χ1) is 10.7. The van der Waals surface area contributed by atoms with Crippen molar-refractivity contribution in [2.24, 2.45) is 0 Å². The molecule has 0 aliphatic heterocycles. The number of carbonyl (C=O) groups is 1. The van der Waals surface area contributed by atoms with E-state index in [9.17, 15) is 9.90 Å². The van der Waals surface area contributed by atoms with E-state index in [4.69, 9.17) is 5.73 Å². The lowest BCUT2D eigenvalue weighted by Gasteiger charge is -2.23. The van der Waals surface area contributed by atoms with E-state index >= 15 is 0 Å². The fourth-order valence-corrected chi connectivity index (χ4v) is 2.28. The van der Waals surface area contributed by atoms with Crippen LogP contribution in [0.2, 0.25) is 0 Å². The monoisotopic (exact) mass is 311 g/mol. The van der Waals surface area contributed by atoms with Gasteiger partial charge in [-0.1, -0.05) is 18.7 Å². The molecule has 2 aromatic rings. The molecule has 1 aromatic heterocycles. The Morgan fingerprint density at radius 2 is 2.09 bits per heavy atom. The summed E-state index contributed by atoms with van der Waals surface area (Å²) in [5.74, 6) is -0.348. The molecule has 0 radical (unpaired) electrons. The van der Waals surface area contributed by atoms with Crippen LogP contribution in [0.3, 0.4) is 0 Å². The highest BCUT2D eigenvalue weighted by Gasteiger charge is 2.23. The van der Waals surface area contributed by atoms with Crippen LogP contribution in [0.5, 0.6) is 0 Å². The first kappa shape index (κ1) is 16.7. The highest BCUT2D eigenvalue weighted by molar-refractivity contribution is 6.03. The molecule has 0 unspecified atom stereocenters. The third-order valence-electron chi connectivity index (χ3n) is 3.47. The first-order valence-electron chi connectivity index (χ1n) is 7.26. The zero-order valence-corrected chi connectivity index (χ0v) is 13.6. The number of nitrogen functional groups attached to an aromatic ring is 1. The van der Waals surface area contributed by atoms with Gasteiger partial charge < -0.3 is 16.2 Å². The lowest BCUT2D eigenvalue weighted by atomic mass is 9.93. The summed E-state index contributed by atoms with van der Waals surface area (Å²) in [6, 6.07) is 8.57. The van der Waals surface area contributed by atoms with Gasteiger partial charge in [-0.05, 0) is 50.6 Å². The molecular formula is C18H21N3O2. The van der Waals surface area contributed by atoms with Crippen LogP contribution in [0, 0.1) is 6.92 Å². The number of nitrogens with one attached hydrogen (secondary N) is 1. The van der Waals surface area contributed by atoms with Crippen molar-refractivity contribution in [2.45, 2.75) is 26.4 Å². The number of nitrogens with zero attached hydrogens (tertiary/aromatic N) is 1. The largest absolute Gasteiger partial charge is 0.398 e. The molecule has 0 aliphatic carbocycles. The molecule has 23 heavy (non-hydrogen) atoms. The summed E-state index contributed by atoms with van der Waals surface area (Å²) in [7, 11) is 0. The van der Waals surface area contributed by atoms with Crippen molar-refractivity contribution in [3.8, 4) is 0 Å². The SMILES string of the molecule is C=Cc1cc(NC(=O)c2cccc(C)n2)c(C(C)(C)O)cc1N. The van der Waals surface area contributed by atoms with Crippen molar-refractivity contribution in [3.05, 3.63) is 59.4 Å².